The van der Waals surface area contributed by atoms with Crippen LogP contribution < -0.4 is 21.5 Å². The number of hydrogen-bond acceptors (Lipinski definition) is 10. The van der Waals surface area contributed by atoms with Crippen LogP contribution in [0.25, 0.3) is 6.08 Å². The van der Waals surface area contributed by atoms with E-state index in [9.17, 15) is 18.9 Å². The van der Waals surface area contributed by atoms with Gasteiger partial charge < -0.3 is 19.7 Å². The Bertz CT molecular complexity index is 1340. The molecule has 3 heterocycles. The summed E-state index contributed by atoms with van der Waals surface area (Å²) in [5.74, 6) is -0.267. The molecule has 1 fully saturated rings. The zero-order valence-electron chi connectivity index (χ0n) is 19.4. The van der Waals surface area contributed by atoms with Gasteiger partial charge in [-0.05, 0) is 30.5 Å². The zero-order chi connectivity index (χ0) is 26.0. The molecule has 5 atom stereocenters. The van der Waals surface area contributed by atoms with Crippen molar-refractivity contribution in [1.29, 1.82) is 0 Å². The Morgan fingerprint density at radius 2 is 2.19 bits per heavy atom. The molecule has 2 aliphatic heterocycles. The van der Waals surface area contributed by atoms with Crippen LogP contribution in [0, 0.1) is 6.92 Å². The Morgan fingerprint density at radius 3 is 2.92 bits per heavy atom. The first-order valence-electron chi connectivity index (χ1n) is 11.0. The van der Waals surface area contributed by atoms with Crippen molar-refractivity contribution >= 4 is 35.8 Å². The molecular formula is C22H25BrN3O9P. The molecule has 194 valence electrons. The second kappa shape index (κ2) is 10.8. The lowest BCUT2D eigenvalue weighted by Crippen LogP contribution is -2.37. The number of carbonyl (C=O) groups excluding carboxylic acids is 1. The van der Waals surface area contributed by atoms with Crippen LogP contribution in [0.3, 0.4) is 0 Å². The first kappa shape index (κ1) is 26.5. The van der Waals surface area contributed by atoms with Gasteiger partial charge in [0.1, 0.15) is 30.2 Å². The summed E-state index contributed by atoms with van der Waals surface area (Å²) in [6.45, 7) is 2.97. The minimum Gasteiger partial charge on any atom is -0.458 e. The number of rotatable bonds is 7. The third kappa shape index (κ3) is 5.72. The van der Waals surface area contributed by atoms with E-state index in [4.69, 9.17) is 28.8 Å². The molecule has 2 aliphatic rings. The second-order valence-corrected chi connectivity index (χ2v) is 10.5. The molecule has 0 saturated carbocycles. The quantitative estimate of drug-likeness (QED) is 0.364. The van der Waals surface area contributed by atoms with Crippen LogP contribution in [0.5, 0.6) is 5.75 Å². The maximum absolute atomic E-state index is 13.1. The number of benzene rings is 1. The summed E-state index contributed by atoms with van der Waals surface area (Å²) < 4.78 is 42.2. The van der Waals surface area contributed by atoms with Gasteiger partial charge in [0.15, 0.2) is 0 Å². The Labute approximate surface area is 214 Å². The summed E-state index contributed by atoms with van der Waals surface area (Å²) in [7, 11) is -4.01. The number of phosphoric ester groups is 1. The van der Waals surface area contributed by atoms with Crippen molar-refractivity contribution in [3.8, 4) is 5.75 Å². The van der Waals surface area contributed by atoms with Crippen molar-refractivity contribution in [3.63, 3.8) is 0 Å². The van der Waals surface area contributed by atoms with Gasteiger partial charge in [0.2, 0.25) is 0 Å². The molecule has 0 aliphatic carbocycles. The number of H-pyrrole nitrogens is 1. The van der Waals surface area contributed by atoms with E-state index in [2.05, 4.69) is 20.9 Å². The second-order valence-electron chi connectivity index (χ2n) is 8.34. The van der Waals surface area contributed by atoms with E-state index in [0.717, 1.165) is 11.1 Å². The highest BCUT2D eigenvalue weighted by Crippen LogP contribution is 2.55. The first-order chi connectivity index (χ1) is 17.1. The van der Waals surface area contributed by atoms with E-state index < -0.39 is 49.5 Å². The van der Waals surface area contributed by atoms with E-state index in [1.165, 1.54) is 28.7 Å². The predicted octanol–water partition coefficient (Wildman–Crippen LogP) is 2.49. The van der Waals surface area contributed by atoms with Crippen molar-refractivity contribution in [1.82, 2.24) is 9.55 Å². The summed E-state index contributed by atoms with van der Waals surface area (Å²) in [6, 6.07) is 4.53. The maximum atomic E-state index is 13.1. The smallest absolute Gasteiger partial charge is 0.458 e. The number of para-hydroxylation sites is 1. The zero-order valence-corrected chi connectivity index (χ0v) is 21.9. The number of esters is 1. The topological polar surface area (TPSA) is 161 Å². The van der Waals surface area contributed by atoms with Gasteiger partial charge >= 0.3 is 19.5 Å². The van der Waals surface area contributed by atoms with E-state index in [1.54, 1.807) is 6.07 Å². The number of aryl methyl sites for hydroxylation is 1. The van der Waals surface area contributed by atoms with E-state index in [1.807, 2.05) is 19.1 Å². The molecule has 14 heteroatoms. The Kier molecular flexibility index (Phi) is 7.98. The van der Waals surface area contributed by atoms with Crippen LogP contribution in [0.15, 0.2) is 39.0 Å². The van der Waals surface area contributed by atoms with Gasteiger partial charge in [-0.1, -0.05) is 34.1 Å². The highest BCUT2D eigenvalue weighted by atomic mass is 79.9. The summed E-state index contributed by atoms with van der Waals surface area (Å²) in [4.78, 5) is 40.4. The summed E-state index contributed by atoms with van der Waals surface area (Å²) in [6.07, 6.45) is 0.0709. The van der Waals surface area contributed by atoms with Crippen LogP contribution in [-0.4, -0.2) is 40.4 Å². The number of carbonyl (C=O) groups is 1. The van der Waals surface area contributed by atoms with E-state index in [0.29, 0.717) is 5.75 Å². The Hall–Kier alpha value is -2.54. The normalized spacial score (nSPS) is 26.4. The number of nitrogens with two attached hydrogens (primary N) is 1. The van der Waals surface area contributed by atoms with Gasteiger partial charge in [-0.2, -0.15) is 0 Å². The lowest BCUT2D eigenvalue weighted by Gasteiger charge is -2.27. The largest absolute Gasteiger partial charge is 0.530 e. The predicted molar refractivity (Wildman–Crippen MR) is 131 cm³/mol. The lowest BCUT2D eigenvalue weighted by molar-refractivity contribution is -0.154. The van der Waals surface area contributed by atoms with Gasteiger partial charge in [0.25, 0.3) is 5.56 Å². The fourth-order valence-electron chi connectivity index (χ4n) is 3.78. The minimum absolute atomic E-state index is 0.0299. The maximum Gasteiger partial charge on any atom is 0.530 e. The van der Waals surface area contributed by atoms with Crippen molar-refractivity contribution in [2.75, 3.05) is 6.61 Å². The van der Waals surface area contributed by atoms with Crippen molar-refractivity contribution < 1.29 is 32.4 Å². The highest BCUT2D eigenvalue weighted by Gasteiger charge is 2.43. The SMILES string of the molecule is Cc1cccc2c1OP(=O)(OC[C@H]1O[C@@H](n3cc(/C=C/Br)c(=O)[nH]c3=O)C[C@@H]1OC(=O)[C@@H](C)N)OC2. The van der Waals surface area contributed by atoms with Gasteiger partial charge in [-0.15, -0.1) is 0 Å². The number of nitrogens with one attached hydrogen (secondary N) is 1. The van der Waals surface area contributed by atoms with E-state index >= 15 is 0 Å². The third-order valence-corrected chi connectivity index (χ3v) is 7.22. The molecule has 12 nitrogen and oxygen atoms in total. The molecule has 2 aromatic rings. The van der Waals surface area contributed by atoms with Crippen molar-refractivity contribution in [2.24, 2.45) is 5.73 Å². The number of aromatic nitrogens is 2. The number of halogens is 1. The van der Waals surface area contributed by atoms with E-state index in [-0.39, 0.29) is 25.2 Å². The van der Waals surface area contributed by atoms with Crippen LogP contribution >= 0.6 is 23.8 Å². The van der Waals surface area contributed by atoms with Crippen molar-refractivity contribution in [2.45, 2.75) is 51.4 Å². The fraction of sp³-hybridized carbons (Fsp3) is 0.409. The van der Waals surface area contributed by atoms with Gasteiger partial charge in [0, 0.05) is 18.2 Å². The summed E-state index contributed by atoms with van der Waals surface area (Å²) >= 11 is 3.10. The first-order valence-corrected chi connectivity index (χ1v) is 13.4. The van der Waals surface area contributed by atoms with Gasteiger partial charge in [-0.3, -0.25) is 28.2 Å². The molecule has 0 radical (unpaired) electrons. The molecule has 4 rings (SSSR count). The number of nitrogens with zero attached hydrogens (tertiary/aromatic N) is 1. The van der Waals surface area contributed by atoms with Crippen LogP contribution in [-0.2, 0) is 34.5 Å². The minimum atomic E-state index is -4.01. The molecular weight excluding hydrogens is 561 g/mol. The van der Waals surface area contributed by atoms with Gasteiger partial charge in [0.05, 0.1) is 18.8 Å². The average molecular weight is 586 g/mol. The Balaban J connectivity index is 1.55. The molecule has 0 amide bonds. The average Bonchev–Trinajstić information content (AvgIpc) is 3.22. The number of fused-ring (bicyclic) bond motifs is 1. The van der Waals surface area contributed by atoms with Crippen LogP contribution in [0.2, 0.25) is 0 Å². The third-order valence-electron chi connectivity index (χ3n) is 5.64. The Morgan fingerprint density at radius 1 is 1.42 bits per heavy atom. The number of phosphoric acid groups is 1. The molecule has 1 unspecified atom stereocenters. The van der Waals surface area contributed by atoms with Crippen LogP contribution in [0.1, 0.15) is 36.3 Å². The molecule has 0 spiro atoms. The van der Waals surface area contributed by atoms with Crippen LogP contribution in [0.4, 0.5) is 0 Å². The van der Waals surface area contributed by atoms with Gasteiger partial charge in [-0.25, -0.2) is 9.36 Å². The standard InChI is InChI=1S/C22H25BrN3O9P/c1-12-4-3-5-15-10-31-36(30,35-19(12)15)32-11-17-16(34-21(28)13(2)24)8-18(33-17)26-9-14(6-7-23)20(27)25-22(26)29/h3-7,9,13,16-18H,8,10-11,24H2,1-2H3,(H,25,27,29)/b7-6+/t13-,16+,17-,18-,36?/m1/s1. The molecule has 1 saturated heterocycles. The molecule has 36 heavy (non-hydrogen) atoms. The number of ether oxygens (including phenoxy) is 2. The van der Waals surface area contributed by atoms with Crippen molar-refractivity contribution in [3.05, 3.63) is 66.9 Å². The number of aromatic amines is 1. The molecule has 3 N–H and O–H groups in total. The molecule has 1 aromatic carbocycles. The highest BCUT2D eigenvalue weighted by molar-refractivity contribution is 9.11. The lowest BCUT2D eigenvalue weighted by atomic mass is 10.1. The monoisotopic (exact) mass is 585 g/mol. The summed E-state index contributed by atoms with van der Waals surface area (Å²) in [5.41, 5.74) is 6.04. The summed E-state index contributed by atoms with van der Waals surface area (Å²) in [5, 5.41) is 0. The molecule has 0 bridgehead atoms. The fourth-order valence-corrected chi connectivity index (χ4v) is 5.35. The number of hydrogen-bond donors (Lipinski definition) is 2. The molecule has 1 aromatic heterocycles.